The standard InChI is InChI=1S/C51H71BrIN9O17.Lu/c52-38-11-9-35(10-12-38)29-62(17-4-2-7-42(79-34-63)57-51(78)56-41(50(76)77)13-14-44(66)67)43(65)8-1-3-15-54-48(74)36-26-37(28-39(53)27-36)49(75)55-16-5-6-40(64)30-58-18-20-59(31-45(68)69)22-24-61(33-47(72)73)25-23-60(21-19-58)32-46(70)71;/h9-12,26-28,34,41-42H,1-8,13-25,29-33H2,(H,54,74)(H,55,75)(H,66,67)(H,68,69)(H,70,71)(H,72,73)(H,76,77)(H2,56,57,78);/q;+3/t41-,42+;/m0./s1/i53-2;. The number of carbonyl (C=O) groups excluding carboxylic acids is 6. The normalized spacial score (nSPS) is 14.5. The molecule has 0 spiro atoms. The Bertz CT molecular complexity index is 2360. The summed E-state index contributed by atoms with van der Waals surface area (Å²) in [5.41, 5.74) is 1.34. The molecule has 80 heavy (non-hydrogen) atoms. The van der Waals surface area contributed by atoms with E-state index in [1.165, 1.54) is 6.07 Å². The topological polar surface area (TPSA) is 362 Å². The van der Waals surface area contributed by atoms with E-state index in [9.17, 15) is 73.2 Å². The van der Waals surface area contributed by atoms with Crippen LogP contribution in [0.3, 0.4) is 0 Å². The molecule has 2 aromatic rings. The van der Waals surface area contributed by atoms with Gasteiger partial charge in [-0.3, -0.25) is 62.8 Å². The maximum Gasteiger partial charge on any atom is 3.00 e. The molecule has 29 heteroatoms. The molecule has 2 atom stereocenters. The maximum atomic E-state index is 13.6. The molecule has 1 fully saturated rings. The Balaban J connectivity index is 0.0000219. The molecule has 0 unspecified atom stereocenters. The Morgan fingerprint density at radius 2 is 1.11 bits per heavy atom. The van der Waals surface area contributed by atoms with Crippen molar-refractivity contribution in [1.82, 2.24) is 45.8 Å². The number of nitrogens with one attached hydrogen (secondary N) is 4. The first-order valence-corrected chi connectivity index (χ1v) is 27.5. The average Bonchev–Trinajstić information content (AvgIpc) is 3.37. The summed E-state index contributed by atoms with van der Waals surface area (Å²) in [5, 5.41) is 56.8. The SMILES string of the molecule is O=CO[C@H](CCCCN(Cc1ccc(Br)cc1)C(=O)CCCCNC(=O)c1cc([125I])cc(C(=O)NCCCC(=O)CN2CCN(CC(=O)O)CCN(CC(=O)O)CCN(CC(=O)O)CC2)c1)NC(=O)N[C@@H](CCC(=O)O)C(=O)O.[Lu+3]. The third-order valence-corrected chi connectivity index (χ3v) is 13.5. The summed E-state index contributed by atoms with van der Waals surface area (Å²) >= 11 is 5.41. The van der Waals surface area contributed by atoms with Gasteiger partial charge in [-0.2, -0.15) is 0 Å². The first-order chi connectivity index (χ1) is 37.6. The van der Waals surface area contributed by atoms with Gasteiger partial charge in [-0.15, -0.1) is 0 Å². The van der Waals surface area contributed by atoms with Gasteiger partial charge in [0.05, 0.1) is 26.2 Å². The van der Waals surface area contributed by atoms with Crippen molar-refractivity contribution in [3.63, 3.8) is 0 Å². The smallest absolute Gasteiger partial charge is 0.481 e. The van der Waals surface area contributed by atoms with Gasteiger partial charge in [0.2, 0.25) is 5.91 Å². The van der Waals surface area contributed by atoms with Crippen molar-refractivity contribution in [2.45, 2.75) is 83.0 Å². The fraction of sp³-hybridized carbons (Fsp3) is 0.549. The van der Waals surface area contributed by atoms with Crippen LogP contribution in [-0.4, -0.2) is 226 Å². The monoisotopic (exact) mass is 1460 g/mol. The molecule has 26 nitrogen and oxygen atoms in total. The molecular formula is C51H71BrILuN9O17+3. The number of carboxylic acids is 5. The minimum absolute atomic E-state index is 0. The third kappa shape index (κ3) is 30.6. The second kappa shape index (κ2) is 39.3. The summed E-state index contributed by atoms with van der Waals surface area (Å²) in [4.78, 5) is 143. The minimum atomic E-state index is -1.49. The molecule has 0 saturated carbocycles. The zero-order valence-corrected chi connectivity index (χ0v) is 49.4. The molecule has 1 heterocycles. The molecule has 0 aliphatic carbocycles. The maximum absolute atomic E-state index is 13.6. The number of aliphatic carboxylic acids is 5. The van der Waals surface area contributed by atoms with Gasteiger partial charge in [-0.1, -0.05) is 28.1 Å². The van der Waals surface area contributed by atoms with E-state index in [1.54, 1.807) is 31.7 Å². The minimum Gasteiger partial charge on any atom is -0.481 e. The molecule has 448 valence electrons. The number of nitrogens with zero attached hydrogens (tertiary/aromatic N) is 5. The van der Waals surface area contributed by atoms with Crippen molar-refractivity contribution in [1.29, 1.82) is 0 Å². The number of halogens is 2. The zero-order chi connectivity index (χ0) is 58.3. The Morgan fingerprint density at radius 1 is 0.613 bits per heavy atom. The number of hydrogen-bond donors (Lipinski definition) is 9. The van der Waals surface area contributed by atoms with Crippen LogP contribution in [0.5, 0.6) is 0 Å². The second-order valence-corrected chi connectivity index (χ2v) is 20.9. The van der Waals surface area contributed by atoms with Crippen molar-refractivity contribution in [3.8, 4) is 0 Å². The summed E-state index contributed by atoms with van der Waals surface area (Å²) in [6, 6.07) is 9.69. The molecule has 3 rings (SSSR count). The number of urea groups is 1. The summed E-state index contributed by atoms with van der Waals surface area (Å²) in [5.74, 6) is -7.02. The van der Waals surface area contributed by atoms with E-state index in [1.807, 2.05) is 51.8 Å². The van der Waals surface area contributed by atoms with Gasteiger partial charge < -0.3 is 56.4 Å². The second-order valence-electron chi connectivity index (χ2n) is 18.7. The number of benzene rings is 2. The molecule has 1 aliphatic rings. The Labute approximate surface area is 514 Å². The first-order valence-electron chi connectivity index (χ1n) is 25.7. The van der Waals surface area contributed by atoms with Crippen molar-refractivity contribution in [2.24, 2.45) is 0 Å². The van der Waals surface area contributed by atoms with Gasteiger partial charge >= 0.3 is 72.8 Å². The molecule has 1 saturated heterocycles. The van der Waals surface area contributed by atoms with E-state index in [4.69, 9.17) is 9.84 Å². The van der Waals surface area contributed by atoms with E-state index in [-0.39, 0.29) is 170 Å². The van der Waals surface area contributed by atoms with Crippen LogP contribution in [0.2, 0.25) is 0 Å². The number of Topliss-reactive ketones (excluding diaryl/α,β-unsaturated/α-hetero) is 1. The Hall–Kier alpha value is -5.11. The molecule has 0 bridgehead atoms. The fourth-order valence-corrected chi connectivity index (χ4v) is 9.20. The summed E-state index contributed by atoms with van der Waals surface area (Å²) in [7, 11) is 0. The number of hydrogen-bond acceptors (Lipinski definition) is 16. The van der Waals surface area contributed by atoms with Gasteiger partial charge in [0.25, 0.3) is 18.3 Å². The number of carboxylic acid groups (broad SMARTS) is 5. The van der Waals surface area contributed by atoms with Crippen LogP contribution in [0.25, 0.3) is 0 Å². The Morgan fingerprint density at radius 3 is 1.59 bits per heavy atom. The van der Waals surface area contributed by atoms with Crippen molar-refractivity contribution in [2.75, 3.05) is 98.2 Å². The van der Waals surface area contributed by atoms with E-state index >= 15 is 0 Å². The number of rotatable bonds is 34. The third-order valence-electron chi connectivity index (χ3n) is 12.4. The largest absolute Gasteiger partial charge is 3.00 e. The fourth-order valence-electron chi connectivity index (χ4n) is 8.27. The van der Waals surface area contributed by atoms with Crippen LogP contribution in [0.15, 0.2) is 46.9 Å². The molecular weight excluding hydrogens is 1390 g/mol. The van der Waals surface area contributed by atoms with E-state index in [0.29, 0.717) is 61.9 Å². The summed E-state index contributed by atoms with van der Waals surface area (Å²) in [6.45, 7) is 2.38. The molecule has 1 aliphatic heterocycles. The number of unbranched alkanes of at least 4 members (excludes halogenated alkanes) is 2. The van der Waals surface area contributed by atoms with Crippen LogP contribution in [0.4, 0.5) is 4.79 Å². The van der Waals surface area contributed by atoms with Crippen LogP contribution in [-0.2, 0) is 49.6 Å². The summed E-state index contributed by atoms with van der Waals surface area (Å²) in [6.07, 6.45) is 0.397. The number of ketones is 1. The molecule has 9 N–H and O–H groups in total. The number of carbonyl (C=O) groups is 11. The first kappa shape index (κ1) is 71.0. The number of ether oxygens (including phenoxy) is 1. The van der Waals surface area contributed by atoms with E-state index in [2.05, 4.69) is 37.2 Å². The zero-order valence-electron chi connectivity index (χ0n) is 44.0. The van der Waals surface area contributed by atoms with Gasteiger partial charge in [0.15, 0.2) is 6.23 Å². The van der Waals surface area contributed by atoms with Crippen molar-refractivity contribution < 1.29 is 120 Å². The van der Waals surface area contributed by atoms with Crippen LogP contribution in [0, 0.1) is 40.4 Å². The predicted molar refractivity (Wildman–Crippen MR) is 295 cm³/mol. The molecule has 0 aromatic heterocycles. The summed E-state index contributed by atoms with van der Waals surface area (Å²) < 4.78 is 6.45. The van der Waals surface area contributed by atoms with Crippen molar-refractivity contribution in [3.05, 3.63) is 67.2 Å². The van der Waals surface area contributed by atoms with E-state index < -0.39 is 66.4 Å². The van der Waals surface area contributed by atoms with Crippen LogP contribution in [0.1, 0.15) is 90.5 Å². The quantitative estimate of drug-likeness (QED) is 0.0209. The van der Waals surface area contributed by atoms with E-state index in [0.717, 1.165) is 10.0 Å². The average molecular weight is 1460 g/mol. The van der Waals surface area contributed by atoms with Gasteiger partial charge in [-0.05, 0) is 97.0 Å². The Kier molecular flexibility index (Phi) is 34.9. The van der Waals surface area contributed by atoms with Crippen molar-refractivity contribution >= 4 is 104 Å². The van der Waals surface area contributed by atoms with Gasteiger partial charge in [0, 0.05) is 123 Å². The van der Waals surface area contributed by atoms with Crippen LogP contribution < -0.4 is 21.3 Å². The van der Waals surface area contributed by atoms with Gasteiger partial charge in [0.1, 0.15) is 11.8 Å². The number of amides is 5. The molecule has 2 aromatic carbocycles. The molecule has 0 radical (unpaired) electrons. The van der Waals surface area contributed by atoms with Crippen LogP contribution >= 0.6 is 38.5 Å². The predicted octanol–water partition coefficient (Wildman–Crippen LogP) is 1.82. The molecule has 5 amide bonds. The van der Waals surface area contributed by atoms with Gasteiger partial charge in [-0.25, -0.2) is 9.59 Å².